The van der Waals surface area contributed by atoms with E-state index in [0.29, 0.717) is 29.6 Å². The Balaban J connectivity index is 1.58. The van der Waals surface area contributed by atoms with Crippen LogP contribution in [0.15, 0.2) is 41.2 Å². The molecule has 0 saturated carbocycles. The molecule has 0 saturated heterocycles. The third-order valence-corrected chi connectivity index (χ3v) is 3.56. The van der Waals surface area contributed by atoms with Crippen LogP contribution in [0.25, 0.3) is 0 Å². The zero-order chi connectivity index (χ0) is 17.8. The van der Waals surface area contributed by atoms with E-state index in [9.17, 15) is 4.79 Å². The number of amides is 1. The van der Waals surface area contributed by atoms with Crippen molar-refractivity contribution < 1.29 is 14.1 Å². The average molecular weight is 341 g/mol. The van der Waals surface area contributed by atoms with Crippen LogP contribution in [0.5, 0.6) is 5.75 Å². The van der Waals surface area contributed by atoms with Crippen molar-refractivity contribution in [1.29, 1.82) is 0 Å². The Hall–Kier alpha value is -3.16. The predicted molar refractivity (Wildman–Crippen MR) is 88.8 cm³/mol. The van der Waals surface area contributed by atoms with Gasteiger partial charge in [0.05, 0.1) is 6.20 Å². The summed E-state index contributed by atoms with van der Waals surface area (Å²) in [5.41, 5.74) is 1.57. The van der Waals surface area contributed by atoms with Gasteiger partial charge >= 0.3 is 0 Å². The molecular weight excluding hydrogens is 322 g/mol. The van der Waals surface area contributed by atoms with Gasteiger partial charge in [0, 0.05) is 44.9 Å². The first kappa shape index (κ1) is 16.7. The molecular formula is C17H19N5O3. The van der Waals surface area contributed by atoms with Crippen LogP contribution in [0.1, 0.15) is 27.6 Å². The van der Waals surface area contributed by atoms with Gasteiger partial charge in [0.15, 0.2) is 6.61 Å². The number of ether oxygens (including phenoxy) is 1. The average Bonchev–Trinajstić information content (AvgIpc) is 3.21. The molecule has 0 atom stereocenters. The maximum Gasteiger partial charge on any atom is 0.253 e. The molecule has 3 rings (SSSR count). The fourth-order valence-electron chi connectivity index (χ4n) is 2.36. The summed E-state index contributed by atoms with van der Waals surface area (Å²) in [5, 5.41) is 7.87. The number of carbonyl (C=O) groups is 1. The number of hydrogen-bond donors (Lipinski definition) is 0. The summed E-state index contributed by atoms with van der Waals surface area (Å²) in [6.07, 6.45) is 3.64. The number of nitrogens with zero attached hydrogens (tertiary/aromatic N) is 5. The number of carbonyl (C=O) groups excluding carboxylic acids is 1. The lowest BCUT2D eigenvalue weighted by Gasteiger charge is -2.16. The third-order valence-electron chi connectivity index (χ3n) is 3.56. The second-order valence-electron chi connectivity index (χ2n) is 5.73. The Morgan fingerprint density at radius 1 is 1.32 bits per heavy atom. The number of benzene rings is 1. The molecule has 0 radical (unpaired) electrons. The normalized spacial score (nSPS) is 10.7. The summed E-state index contributed by atoms with van der Waals surface area (Å²) in [6, 6.07) is 6.97. The Labute approximate surface area is 145 Å². The van der Waals surface area contributed by atoms with Gasteiger partial charge in [-0.15, -0.1) is 0 Å². The Kier molecular flexibility index (Phi) is 4.78. The van der Waals surface area contributed by atoms with Crippen LogP contribution < -0.4 is 4.74 Å². The SMILES string of the molecule is Cc1nc(COc2ccc(C(=O)N(C)Cc3cnn(C)c3)cc2)no1. The van der Waals surface area contributed by atoms with Gasteiger partial charge < -0.3 is 14.2 Å². The maximum absolute atomic E-state index is 12.5. The number of rotatable bonds is 6. The topological polar surface area (TPSA) is 86.3 Å². The molecule has 2 aromatic heterocycles. The Morgan fingerprint density at radius 3 is 2.68 bits per heavy atom. The van der Waals surface area contributed by atoms with Crippen LogP contribution in [-0.4, -0.2) is 37.8 Å². The minimum atomic E-state index is -0.0656. The fraction of sp³-hybridized carbons (Fsp3) is 0.294. The molecule has 2 heterocycles. The lowest BCUT2D eigenvalue weighted by molar-refractivity contribution is 0.0785. The summed E-state index contributed by atoms with van der Waals surface area (Å²) in [5.74, 6) is 1.54. The van der Waals surface area contributed by atoms with E-state index in [0.717, 1.165) is 5.56 Å². The van der Waals surface area contributed by atoms with Crippen LogP contribution in [-0.2, 0) is 20.2 Å². The molecule has 0 N–H and O–H groups in total. The van der Waals surface area contributed by atoms with Crippen LogP contribution in [0, 0.1) is 6.92 Å². The maximum atomic E-state index is 12.5. The molecule has 130 valence electrons. The van der Waals surface area contributed by atoms with Crippen LogP contribution in [0.3, 0.4) is 0 Å². The molecule has 0 aliphatic rings. The quantitative estimate of drug-likeness (QED) is 0.681. The van der Waals surface area contributed by atoms with E-state index in [2.05, 4.69) is 15.2 Å². The summed E-state index contributed by atoms with van der Waals surface area (Å²) in [7, 11) is 3.61. The zero-order valence-electron chi connectivity index (χ0n) is 14.3. The van der Waals surface area contributed by atoms with Crippen LogP contribution in [0.2, 0.25) is 0 Å². The molecule has 0 unspecified atom stereocenters. The van der Waals surface area contributed by atoms with Crippen molar-refractivity contribution in [3.8, 4) is 5.75 Å². The molecule has 0 fully saturated rings. The highest BCUT2D eigenvalue weighted by Crippen LogP contribution is 2.15. The van der Waals surface area contributed by atoms with E-state index >= 15 is 0 Å². The number of aryl methyl sites for hydroxylation is 2. The second-order valence-corrected chi connectivity index (χ2v) is 5.73. The molecule has 0 aliphatic carbocycles. The van der Waals surface area contributed by atoms with E-state index in [1.54, 1.807) is 54.0 Å². The standard InChI is InChI=1S/C17H19N5O3/c1-12-19-16(20-25-12)11-24-15-6-4-14(5-7-15)17(23)21(2)9-13-8-18-22(3)10-13/h4-8,10H,9,11H2,1-3H3. The number of hydrogen-bond acceptors (Lipinski definition) is 6. The van der Waals surface area contributed by atoms with Gasteiger partial charge in [0.25, 0.3) is 5.91 Å². The van der Waals surface area contributed by atoms with Crippen molar-refractivity contribution in [3.05, 3.63) is 59.5 Å². The van der Waals surface area contributed by atoms with Gasteiger partial charge in [-0.05, 0) is 24.3 Å². The first-order chi connectivity index (χ1) is 12.0. The first-order valence-corrected chi connectivity index (χ1v) is 7.76. The summed E-state index contributed by atoms with van der Waals surface area (Å²) < 4.78 is 12.2. The molecule has 1 aromatic carbocycles. The molecule has 8 nitrogen and oxygen atoms in total. The van der Waals surface area contributed by atoms with Gasteiger partial charge in [0.2, 0.25) is 11.7 Å². The minimum absolute atomic E-state index is 0.0656. The Bertz CT molecular complexity index is 853. The monoisotopic (exact) mass is 341 g/mol. The largest absolute Gasteiger partial charge is 0.485 e. The van der Waals surface area contributed by atoms with Gasteiger partial charge in [-0.2, -0.15) is 10.1 Å². The highest BCUT2D eigenvalue weighted by atomic mass is 16.5. The van der Waals surface area contributed by atoms with Crippen LogP contribution >= 0.6 is 0 Å². The van der Waals surface area contributed by atoms with Crippen molar-refractivity contribution in [3.63, 3.8) is 0 Å². The Morgan fingerprint density at radius 2 is 2.08 bits per heavy atom. The van der Waals surface area contributed by atoms with E-state index in [4.69, 9.17) is 9.26 Å². The molecule has 1 amide bonds. The highest BCUT2D eigenvalue weighted by Gasteiger charge is 2.13. The van der Waals surface area contributed by atoms with E-state index in [1.165, 1.54) is 0 Å². The van der Waals surface area contributed by atoms with Crippen molar-refractivity contribution in [1.82, 2.24) is 24.8 Å². The van der Waals surface area contributed by atoms with Gasteiger partial charge in [-0.1, -0.05) is 5.16 Å². The van der Waals surface area contributed by atoms with Gasteiger partial charge in [-0.25, -0.2) is 0 Å². The molecule has 3 aromatic rings. The molecule has 8 heteroatoms. The van der Waals surface area contributed by atoms with E-state index in [1.807, 2.05) is 13.2 Å². The highest BCUT2D eigenvalue weighted by molar-refractivity contribution is 5.94. The molecule has 25 heavy (non-hydrogen) atoms. The second kappa shape index (κ2) is 7.16. The number of aromatic nitrogens is 4. The van der Waals surface area contributed by atoms with Gasteiger partial charge in [0.1, 0.15) is 5.75 Å². The molecule has 0 spiro atoms. The summed E-state index contributed by atoms with van der Waals surface area (Å²) in [4.78, 5) is 18.2. The fourth-order valence-corrected chi connectivity index (χ4v) is 2.36. The summed E-state index contributed by atoms with van der Waals surface area (Å²) >= 11 is 0. The predicted octanol–water partition coefficient (Wildman–Crippen LogP) is 1.96. The molecule has 0 aliphatic heterocycles. The lowest BCUT2D eigenvalue weighted by atomic mass is 10.2. The van der Waals surface area contributed by atoms with Crippen LogP contribution in [0.4, 0.5) is 0 Å². The van der Waals surface area contributed by atoms with Crippen molar-refractivity contribution in [2.24, 2.45) is 7.05 Å². The summed E-state index contributed by atoms with van der Waals surface area (Å²) in [6.45, 7) is 2.44. The van der Waals surface area contributed by atoms with Crippen molar-refractivity contribution in [2.45, 2.75) is 20.1 Å². The lowest BCUT2D eigenvalue weighted by Crippen LogP contribution is -2.25. The van der Waals surface area contributed by atoms with Gasteiger partial charge in [-0.3, -0.25) is 9.48 Å². The van der Waals surface area contributed by atoms with Crippen molar-refractivity contribution >= 4 is 5.91 Å². The zero-order valence-corrected chi connectivity index (χ0v) is 14.3. The molecule has 0 bridgehead atoms. The van der Waals surface area contributed by atoms with Crippen molar-refractivity contribution in [2.75, 3.05) is 7.05 Å². The smallest absolute Gasteiger partial charge is 0.253 e. The first-order valence-electron chi connectivity index (χ1n) is 7.76. The third kappa shape index (κ3) is 4.23. The van der Waals surface area contributed by atoms with E-state index < -0.39 is 0 Å². The van der Waals surface area contributed by atoms with E-state index in [-0.39, 0.29) is 12.5 Å². The minimum Gasteiger partial charge on any atom is -0.485 e.